The average molecular weight is 331 g/mol. The van der Waals surface area contributed by atoms with Gasteiger partial charge in [0.25, 0.3) is 0 Å². The maximum absolute atomic E-state index is 11.7. The molecule has 0 saturated heterocycles. The van der Waals surface area contributed by atoms with Gasteiger partial charge in [-0.2, -0.15) is 4.57 Å². The van der Waals surface area contributed by atoms with E-state index in [1.54, 1.807) is 0 Å². The predicted molar refractivity (Wildman–Crippen MR) is 55.3 cm³/mol. The first kappa shape index (κ1) is 12.3. The van der Waals surface area contributed by atoms with E-state index in [0.717, 1.165) is 4.88 Å². The molecule has 78 valence electrons. The lowest BCUT2D eigenvalue weighted by Crippen LogP contribution is -3.00. The molecule has 0 aliphatic carbocycles. The van der Waals surface area contributed by atoms with Crippen LogP contribution < -0.4 is 28.5 Å². The fraction of sp³-hybridized carbons (Fsp3) is 0.0909. The summed E-state index contributed by atoms with van der Waals surface area (Å²) in [5.41, 5.74) is 0. The van der Waals surface area contributed by atoms with Crippen molar-refractivity contribution in [3.8, 4) is 0 Å². The fourth-order valence-corrected chi connectivity index (χ4v) is 1.88. The second-order valence-electron chi connectivity index (χ2n) is 2.95. The lowest BCUT2D eigenvalue weighted by Gasteiger charge is -1.93. The summed E-state index contributed by atoms with van der Waals surface area (Å²) < 4.78 is 1.88. The molecular formula is C11H10INOS. The molecule has 2 rings (SSSR count). The Bertz CT molecular complexity index is 413. The molecule has 0 amide bonds. The van der Waals surface area contributed by atoms with Crippen molar-refractivity contribution in [3.63, 3.8) is 0 Å². The topological polar surface area (TPSA) is 20.9 Å². The van der Waals surface area contributed by atoms with Crippen LogP contribution in [0.4, 0.5) is 0 Å². The van der Waals surface area contributed by atoms with E-state index in [4.69, 9.17) is 0 Å². The Balaban J connectivity index is 0.00000112. The number of hydrogen-bond donors (Lipinski definition) is 0. The summed E-state index contributed by atoms with van der Waals surface area (Å²) in [5, 5.41) is 1.92. The number of halogens is 1. The summed E-state index contributed by atoms with van der Waals surface area (Å²) in [6.07, 6.45) is 3.79. The van der Waals surface area contributed by atoms with E-state index in [1.807, 2.05) is 52.7 Å². The number of nitrogens with zero attached hydrogens (tertiary/aromatic N) is 1. The van der Waals surface area contributed by atoms with Gasteiger partial charge in [0, 0.05) is 12.1 Å². The Hall–Kier alpha value is -0.750. The average Bonchev–Trinajstić information content (AvgIpc) is 2.72. The summed E-state index contributed by atoms with van der Waals surface area (Å²) in [6, 6.07) is 9.53. The van der Waals surface area contributed by atoms with Crippen molar-refractivity contribution in [1.82, 2.24) is 0 Å². The minimum atomic E-state index is 0. The smallest absolute Gasteiger partial charge is 0.237 e. The molecule has 2 aromatic rings. The van der Waals surface area contributed by atoms with Crippen LogP contribution in [0, 0.1) is 0 Å². The number of aromatic nitrogens is 1. The first-order valence-electron chi connectivity index (χ1n) is 4.37. The number of Topliss-reactive ketones (excluding diaryl/α,β-unsaturated/α-hetero) is 1. The van der Waals surface area contributed by atoms with Crippen LogP contribution in [-0.4, -0.2) is 5.78 Å². The molecular weight excluding hydrogens is 321 g/mol. The van der Waals surface area contributed by atoms with Crippen LogP contribution >= 0.6 is 11.3 Å². The molecule has 0 fully saturated rings. The minimum Gasteiger partial charge on any atom is -1.00 e. The van der Waals surface area contributed by atoms with Gasteiger partial charge >= 0.3 is 0 Å². The van der Waals surface area contributed by atoms with Crippen molar-refractivity contribution in [1.29, 1.82) is 0 Å². The number of ketones is 1. The molecule has 0 spiro atoms. The van der Waals surface area contributed by atoms with Crippen molar-refractivity contribution in [2.45, 2.75) is 6.54 Å². The van der Waals surface area contributed by atoms with E-state index in [2.05, 4.69) is 0 Å². The van der Waals surface area contributed by atoms with Crippen LogP contribution in [0.1, 0.15) is 9.67 Å². The molecule has 0 aliphatic rings. The Labute approximate surface area is 110 Å². The molecule has 4 heteroatoms. The first-order chi connectivity index (χ1) is 6.86. The number of carbonyl (C=O) groups excluding carboxylic acids is 1. The molecule has 0 unspecified atom stereocenters. The van der Waals surface area contributed by atoms with Gasteiger partial charge in [-0.25, -0.2) is 0 Å². The molecule has 0 N–H and O–H groups in total. The monoisotopic (exact) mass is 331 g/mol. The molecule has 0 bridgehead atoms. The predicted octanol–water partition coefficient (Wildman–Crippen LogP) is -1.08. The normalized spacial score (nSPS) is 9.33. The molecule has 2 nitrogen and oxygen atoms in total. The highest BCUT2D eigenvalue weighted by atomic mass is 127. The first-order valence-corrected chi connectivity index (χ1v) is 5.25. The van der Waals surface area contributed by atoms with Crippen molar-refractivity contribution in [2.24, 2.45) is 0 Å². The number of hydrogen-bond acceptors (Lipinski definition) is 2. The van der Waals surface area contributed by atoms with Gasteiger partial charge in [-0.05, 0) is 11.4 Å². The molecule has 0 aliphatic heterocycles. The summed E-state index contributed by atoms with van der Waals surface area (Å²) in [7, 11) is 0. The largest absolute Gasteiger partial charge is 1.00 e. The van der Waals surface area contributed by atoms with Crippen molar-refractivity contribution >= 4 is 17.1 Å². The molecule has 0 aromatic carbocycles. The standard InChI is InChI=1S/C11H10NOS.HI/c13-10(11-5-4-8-14-11)9-12-6-2-1-3-7-12;/h1-8H,9H2;1H/q+1;/p-1. The lowest BCUT2D eigenvalue weighted by molar-refractivity contribution is -0.683. The third kappa shape index (κ3) is 3.39. The van der Waals surface area contributed by atoms with E-state index >= 15 is 0 Å². The third-order valence-electron chi connectivity index (χ3n) is 1.90. The third-order valence-corrected chi connectivity index (χ3v) is 2.81. The quantitative estimate of drug-likeness (QED) is 0.398. The van der Waals surface area contributed by atoms with Crippen LogP contribution in [-0.2, 0) is 6.54 Å². The SMILES string of the molecule is O=C(C[n+]1ccccc1)c1cccs1.[I-]. The molecule has 15 heavy (non-hydrogen) atoms. The Morgan fingerprint density at radius 2 is 1.93 bits per heavy atom. The number of pyridine rings is 1. The van der Waals surface area contributed by atoms with E-state index in [1.165, 1.54) is 11.3 Å². The lowest BCUT2D eigenvalue weighted by atomic mass is 10.3. The van der Waals surface area contributed by atoms with E-state index in [0.29, 0.717) is 6.54 Å². The van der Waals surface area contributed by atoms with Crippen LogP contribution in [0.2, 0.25) is 0 Å². The van der Waals surface area contributed by atoms with Gasteiger partial charge in [0.15, 0.2) is 12.4 Å². The Kier molecular flexibility index (Phi) is 4.90. The number of rotatable bonds is 3. The van der Waals surface area contributed by atoms with E-state index in [9.17, 15) is 4.79 Å². The van der Waals surface area contributed by atoms with Gasteiger partial charge < -0.3 is 24.0 Å². The maximum atomic E-state index is 11.7. The van der Waals surface area contributed by atoms with E-state index < -0.39 is 0 Å². The van der Waals surface area contributed by atoms with Crippen molar-refractivity contribution in [2.75, 3.05) is 0 Å². The number of carbonyl (C=O) groups is 1. The number of thiophene rings is 1. The second-order valence-corrected chi connectivity index (χ2v) is 3.90. The highest BCUT2D eigenvalue weighted by molar-refractivity contribution is 7.12. The van der Waals surface area contributed by atoms with Gasteiger partial charge in [0.1, 0.15) is 0 Å². The molecule has 0 atom stereocenters. The summed E-state index contributed by atoms with van der Waals surface area (Å²) in [5.74, 6) is 0.163. The Morgan fingerprint density at radius 3 is 2.53 bits per heavy atom. The maximum Gasteiger partial charge on any atom is 0.237 e. The van der Waals surface area contributed by atoms with Crippen LogP contribution in [0.25, 0.3) is 0 Å². The van der Waals surface area contributed by atoms with Crippen molar-refractivity contribution < 1.29 is 33.3 Å². The fourth-order valence-electron chi connectivity index (χ4n) is 1.22. The van der Waals surface area contributed by atoms with Gasteiger partial charge in [-0.3, -0.25) is 4.79 Å². The zero-order chi connectivity index (χ0) is 9.80. The summed E-state index contributed by atoms with van der Waals surface area (Å²) in [6.45, 7) is 0.418. The Morgan fingerprint density at radius 1 is 1.20 bits per heavy atom. The van der Waals surface area contributed by atoms with Crippen LogP contribution in [0.3, 0.4) is 0 Å². The van der Waals surface area contributed by atoms with Gasteiger partial charge in [0.05, 0.1) is 4.88 Å². The molecule has 2 heterocycles. The highest BCUT2D eigenvalue weighted by Gasteiger charge is 2.11. The molecule has 0 saturated carbocycles. The van der Waals surface area contributed by atoms with Gasteiger partial charge in [-0.15, -0.1) is 11.3 Å². The molecule has 2 aromatic heterocycles. The minimum absolute atomic E-state index is 0. The highest BCUT2D eigenvalue weighted by Crippen LogP contribution is 2.08. The van der Waals surface area contributed by atoms with Crippen LogP contribution in [0.5, 0.6) is 0 Å². The van der Waals surface area contributed by atoms with E-state index in [-0.39, 0.29) is 29.8 Å². The summed E-state index contributed by atoms with van der Waals surface area (Å²) >= 11 is 1.49. The van der Waals surface area contributed by atoms with Gasteiger partial charge in [0.2, 0.25) is 12.3 Å². The second kappa shape index (κ2) is 5.97. The van der Waals surface area contributed by atoms with Gasteiger partial charge in [-0.1, -0.05) is 12.1 Å². The zero-order valence-corrected chi connectivity index (χ0v) is 10.9. The zero-order valence-electron chi connectivity index (χ0n) is 7.97. The molecule has 0 radical (unpaired) electrons. The summed E-state index contributed by atoms with van der Waals surface area (Å²) in [4.78, 5) is 12.5. The van der Waals surface area contributed by atoms with Crippen molar-refractivity contribution in [3.05, 3.63) is 53.0 Å². The van der Waals surface area contributed by atoms with Crippen LogP contribution in [0.15, 0.2) is 48.1 Å².